The molecule has 23 heavy (non-hydrogen) atoms. The van der Waals surface area contributed by atoms with Crippen LogP contribution in [0.25, 0.3) is 3.86 Å². The molecular formula is C18H25NO3Se. The summed E-state index contributed by atoms with van der Waals surface area (Å²) in [6, 6.07) is 7.73. The van der Waals surface area contributed by atoms with E-state index in [1.54, 1.807) is 0 Å². The van der Waals surface area contributed by atoms with Crippen molar-refractivity contribution in [1.82, 2.24) is 0 Å². The quantitative estimate of drug-likeness (QED) is 0.447. The number of nitrogens with zero attached hydrogens (tertiary/aromatic N) is 1. The Labute approximate surface area is 145 Å². The normalized spacial score (nSPS) is 13.3. The van der Waals surface area contributed by atoms with Crippen LogP contribution < -0.4 is 4.46 Å². The van der Waals surface area contributed by atoms with Gasteiger partial charge in [-0.3, -0.25) is 0 Å². The molecule has 1 rings (SSSR count). The third kappa shape index (κ3) is 7.65. The van der Waals surface area contributed by atoms with Gasteiger partial charge in [0.15, 0.2) is 0 Å². The van der Waals surface area contributed by atoms with Crippen molar-refractivity contribution < 1.29 is 14.3 Å². The SMILES string of the molecule is [C-]#[N+][Se]c1ccccc1C[C@H](OC(C)(C)C)C(=O)OC(C)(C)C. The number of carbonyl (C=O) groups is 1. The van der Waals surface area contributed by atoms with Crippen LogP contribution in [0.4, 0.5) is 0 Å². The molecule has 1 atom stereocenters. The van der Waals surface area contributed by atoms with Crippen molar-refractivity contribution in [2.24, 2.45) is 0 Å². The fourth-order valence-corrected chi connectivity index (χ4v) is 3.04. The zero-order valence-corrected chi connectivity index (χ0v) is 16.4. The number of hydrogen-bond acceptors (Lipinski definition) is 3. The van der Waals surface area contributed by atoms with Gasteiger partial charge in [-0.1, -0.05) is 0 Å². The second-order valence-corrected chi connectivity index (χ2v) is 8.94. The maximum absolute atomic E-state index is 12.5. The summed E-state index contributed by atoms with van der Waals surface area (Å²) >= 11 is -0.281. The second kappa shape index (κ2) is 7.97. The van der Waals surface area contributed by atoms with E-state index in [1.165, 1.54) is 0 Å². The van der Waals surface area contributed by atoms with Crippen molar-refractivity contribution in [2.75, 3.05) is 0 Å². The summed E-state index contributed by atoms with van der Waals surface area (Å²) in [5.41, 5.74) is -0.0403. The Balaban J connectivity index is 3.02. The molecule has 0 N–H and O–H groups in total. The van der Waals surface area contributed by atoms with E-state index in [1.807, 2.05) is 65.8 Å². The van der Waals surface area contributed by atoms with Crippen LogP contribution in [0.15, 0.2) is 24.3 Å². The molecule has 1 aromatic rings. The standard InChI is InChI=1S/C18H25NO3Se/c1-17(2,3)21-14(16(20)22-18(4,5)6)12-13-10-8-9-11-15(13)23-19-7/h8-11,14H,12H2,1-6H3/t14-/m0/s1. The molecule has 0 amide bonds. The van der Waals surface area contributed by atoms with Crippen molar-refractivity contribution in [3.8, 4) is 0 Å². The molecule has 0 aliphatic rings. The van der Waals surface area contributed by atoms with E-state index in [0.29, 0.717) is 6.42 Å². The average molecular weight is 382 g/mol. The van der Waals surface area contributed by atoms with E-state index in [2.05, 4.69) is 3.86 Å². The first-order valence-electron chi connectivity index (χ1n) is 7.54. The van der Waals surface area contributed by atoms with Crippen LogP contribution in [0.5, 0.6) is 0 Å². The molecule has 126 valence electrons. The summed E-state index contributed by atoms with van der Waals surface area (Å²) in [6.45, 7) is 18.4. The van der Waals surface area contributed by atoms with Crippen LogP contribution in [-0.4, -0.2) is 38.5 Å². The van der Waals surface area contributed by atoms with E-state index in [0.717, 1.165) is 10.0 Å². The molecular weight excluding hydrogens is 357 g/mol. The van der Waals surface area contributed by atoms with Gasteiger partial charge in [0.25, 0.3) is 0 Å². The van der Waals surface area contributed by atoms with Gasteiger partial charge in [0, 0.05) is 0 Å². The van der Waals surface area contributed by atoms with E-state index >= 15 is 0 Å². The minimum absolute atomic E-state index is 0.281. The molecule has 0 saturated carbocycles. The van der Waals surface area contributed by atoms with Crippen molar-refractivity contribution in [3.63, 3.8) is 0 Å². The monoisotopic (exact) mass is 383 g/mol. The minimum atomic E-state index is -0.683. The van der Waals surface area contributed by atoms with Gasteiger partial charge in [-0.2, -0.15) is 0 Å². The maximum atomic E-state index is 12.5. The topological polar surface area (TPSA) is 39.9 Å². The number of hydrogen-bond donors (Lipinski definition) is 0. The van der Waals surface area contributed by atoms with Gasteiger partial charge >= 0.3 is 145 Å². The Hall–Kier alpha value is -1.34. The molecule has 0 bridgehead atoms. The van der Waals surface area contributed by atoms with Crippen LogP contribution in [0.3, 0.4) is 0 Å². The third-order valence-corrected chi connectivity index (χ3v) is 4.13. The molecule has 1 aromatic carbocycles. The molecule has 0 heterocycles. The Morgan fingerprint density at radius 2 is 1.78 bits per heavy atom. The third-order valence-electron chi connectivity index (χ3n) is 2.69. The van der Waals surface area contributed by atoms with Crippen molar-refractivity contribution in [3.05, 3.63) is 40.3 Å². The van der Waals surface area contributed by atoms with E-state index < -0.39 is 17.3 Å². The molecule has 0 radical (unpaired) electrons. The predicted octanol–water partition coefficient (Wildman–Crippen LogP) is 2.92. The molecule has 0 saturated heterocycles. The molecule has 0 unspecified atom stereocenters. The predicted molar refractivity (Wildman–Crippen MR) is 92.6 cm³/mol. The fourth-order valence-electron chi connectivity index (χ4n) is 1.98. The Bertz CT molecular complexity index is 579. The molecule has 0 aromatic heterocycles. The Morgan fingerprint density at radius 3 is 2.30 bits per heavy atom. The van der Waals surface area contributed by atoms with E-state index in [-0.39, 0.29) is 21.1 Å². The molecule has 0 fully saturated rings. The zero-order chi connectivity index (χ0) is 17.7. The summed E-state index contributed by atoms with van der Waals surface area (Å²) in [6.07, 6.45) is -0.267. The summed E-state index contributed by atoms with van der Waals surface area (Å²) in [4.78, 5) is 12.5. The number of carbonyl (C=O) groups excluding carboxylic acids is 1. The first-order valence-corrected chi connectivity index (χ1v) is 9.16. The van der Waals surface area contributed by atoms with Gasteiger partial charge in [0.05, 0.1) is 0 Å². The number of esters is 1. The van der Waals surface area contributed by atoms with Gasteiger partial charge in [-0.25, -0.2) is 0 Å². The van der Waals surface area contributed by atoms with Gasteiger partial charge in [0.1, 0.15) is 0 Å². The summed E-state index contributed by atoms with van der Waals surface area (Å²) in [7, 11) is 0. The Morgan fingerprint density at radius 1 is 1.17 bits per heavy atom. The van der Waals surface area contributed by atoms with Crippen LogP contribution in [0.2, 0.25) is 0 Å². The van der Waals surface area contributed by atoms with Crippen LogP contribution >= 0.6 is 0 Å². The first-order chi connectivity index (χ1) is 10.5. The molecule has 5 heteroatoms. The molecule has 0 aliphatic heterocycles. The first kappa shape index (κ1) is 19.7. The summed E-state index contributed by atoms with van der Waals surface area (Å²) in [5.74, 6) is -0.363. The fraction of sp³-hybridized carbons (Fsp3) is 0.556. The van der Waals surface area contributed by atoms with Crippen LogP contribution in [0, 0.1) is 6.57 Å². The van der Waals surface area contributed by atoms with Crippen LogP contribution in [0.1, 0.15) is 47.1 Å². The second-order valence-electron chi connectivity index (χ2n) is 7.25. The van der Waals surface area contributed by atoms with E-state index in [9.17, 15) is 4.79 Å². The van der Waals surface area contributed by atoms with Crippen molar-refractivity contribution in [2.45, 2.75) is 65.3 Å². The van der Waals surface area contributed by atoms with Gasteiger partial charge in [-0.15, -0.1) is 0 Å². The Kier molecular flexibility index (Phi) is 6.83. The molecule has 4 nitrogen and oxygen atoms in total. The van der Waals surface area contributed by atoms with Gasteiger partial charge in [0.2, 0.25) is 0 Å². The number of rotatable bonds is 5. The van der Waals surface area contributed by atoms with E-state index in [4.69, 9.17) is 16.0 Å². The summed E-state index contributed by atoms with van der Waals surface area (Å²) in [5, 5.41) is 0. The zero-order valence-electron chi connectivity index (χ0n) is 14.7. The average Bonchev–Trinajstić information content (AvgIpc) is 2.37. The van der Waals surface area contributed by atoms with Gasteiger partial charge < -0.3 is 0 Å². The summed E-state index contributed by atoms with van der Waals surface area (Å²) < 4.78 is 15.9. The van der Waals surface area contributed by atoms with Gasteiger partial charge in [-0.05, 0) is 0 Å². The van der Waals surface area contributed by atoms with Crippen molar-refractivity contribution in [1.29, 1.82) is 0 Å². The van der Waals surface area contributed by atoms with Crippen molar-refractivity contribution >= 4 is 25.6 Å². The number of ether oxygens (including phenoxy) is 2. The molecule has 0 aliphatic carbocycles. The number of benzene rings is 1. The van der Waals surface area contributed by atoms with Crippen LogP contribution in [-0.2, 0) is 20.7 Å². The molecule has 0 spiro atoms.